The van der Waals surface area contributed by atoms with Gasteiger partial charge in [-0.25, -0.2) is 17.8 Å². The van der Waals surface area contributed by atoms with Gasteiger partial charge in [0.2, 0.25) is 0 Å². The van der Waals surface area contributed by atoms with Crippen LogP contribution in [0, 0.1) is 6.92 Å². The molecule has 0 aliphatic heterocycles. The van der Waals surface area contributed by atoms with Crippen molar-refractivity contribution in [1.29, 1.82) is 0 Å². The fourth-order valence-corrected chi connectivity index (χ4v) is 3.78. The fraction of sp³-hybridized carbons (Fsp3) is 0.105. The number of aromatic nitrogens is 2. The zero-order chi connectivity index (χ0) is 19.4. The summed E-state index contributed by atoms with van der Waals surface area (Å²) in [6, 6.07) is 18.3. The molecule has 0 unspecified atom stereocenters. The molecule has 8 heteroatoms. The Morgan fingerprint density at radius 1 is 1.00 bits per heavy atom. The normalized spacial score (nSPS) is 11.1. The lowest BCUT2D eigenvalue weighted by molar-refractivity contribution is -0.120. The molecule has 7 nitrogen and oxygen atoms in total. The highest BCUT2D eigenvalue weighted by Crippen LogP contribution is 2.15. The molecule has 3 rings (SSSR count). The van der Waals surface area contributed by atoms with Gasteiger partial charge in [0, 0.05) is 11.6 Å². The number of nitrogens with one attached hydrogen (secondary N) is 1. The third-order valence-corrected chi connectivity index (χ3v) is 5.39. The number of hydrogen-bond acceptors (Lipinski definition) is 5. The van der Waals surface area contributed by atoms with Crippen molar-refractivity contribution in [3.05, 3.63) is 82.6 Å². The minimum Gasteiger partial charge on any atom is -0.272 e. The van der Waals surface area contributed by atoms with Gasteiger partial charge in [-0.2, -0.15) is 5.10 Å². The van der Waals surface area contributed by atoms with E-state index in [9.17, 15) is 18.0 Å². The lowest BCUT2D eigenvalue weighted by atomic mass is 10.1. The Bertz CT molecular complexity index is 1140. The van der Waals surface area contributed by atoms with Crippen LogP contribution in [0.2, 0.25) is 0 Å². The monoisotopic (exact) mass is 383 g/mol. The molecule has 0 atom stereocenters. The molecular weight excluding hydrogens is 366 g/mol. The van der Waals surface area contributed by atoms with E-state index in [1.165, 1.54) is 12.1 Å². The molecule has 0 spiro atoms. The van der Waals surface area contributed by atoms with Crippen LogP contribution in [0.3, 0.4) is 0 Å². The van der Waals surface area contributed by atoms with Crippen molar-refractivity contribution in [1.82, 2.24) is 14.5 Å². The zero-order valence-electron chi connectivity index (χ0n) is 14.5. The molecule has 0 bridgehead atoms. The van der Waals surface area contributed by atoms with Crippen LogP contribution in [-0.2, 0) is 21.4 Å². The third kappa shape index (κ3) is 4.29. The molecule has 27 heavy (non-hydrogen) atoms. The summed E-state index contributed by atoms with van der Waals surface area (Å²) in [7, 11) is -4.03. The van der Waals surface area contributed by atoms with Crippen LogP contribution < -0.4 is 10.3 Å². The van der Waals surface area contributed by atoms with Crippen molar-refractivity contribution >= 4 is 15.9 Å². The highest BCUT2D eigenvalue weighted by atomic mass is 32.2. The topological polar surface area (TPSA) is 98.1 Å². The molecule has 1 N–H and O–H groups in total. The van der Waals surface area contributed by atoms with E-state index >= 15 is 0 Å². The van der Waals surface area contributed by atoms with Gasteiger partial charge in [0.15, 0.2) is 0 Å². The first-order chi connectivity index (χ1) is 12.9. The number of rotatable bonds is 5. The second kappa shape index (κ2) is 7.55. The van der Waals surface area contributed by atoms with Crippen molar-refractivity contribution < 1.29 is 13.2 Å². The molecule has 1 amide bonds. The van der Waals surface area contributed by atoms with Gasteiger partial charge < -0.3 is 0 Å². The van der Waals surface area contributed by atoms with Crippen LogP contribution in [-0.4, -0.2) is 24.1 Å². The average Bonchev–Trinajstić information content (AvgIpc) is 2.64. The predicted octanol–water partition coefficient (Wildman–Crippen LogP) is 1.72. The summed E-state index contributed by atoms with van der Waals surface area (Å²) >= 11 is 0. The van der Waals surface area contributed by atoms with E-state index in [-0.39, 0.29) is 4.90 Å². The maximum Gasteiger partial charge on any atom is 0.267 e. The SMILES string of the molecule is Cc1ccccc1S(=O)(=O)NC(=O)Cn1nc(-c2ccccc2)ccc1=O. The lowest BCUT2D eigenvalue weighted by Crippen LogP contribution is -2.37. The fourth-order valence-electron chi connectivity index (χ4n) is 2.56. The quantitative estimate of drug-likeness (QED) is 0.723. The summed E-state index contributed by atoms with van der Waals surface area (Å²) < 4.78 is 27.7. The van der Waals surface area contributed by atoms with Crippen molar-refractivity contribution in [2.75, 3.05) is 0 Å². The van der Waals surface area contributed by atoms with Crippen LogP contribution in [0.15, 0.2) is 76.4 Å². The molecule has 0 fully saturated rings. The standard InChI is InChI=1S/C19H17N3O4S/c1-14-7-5-6-10-17(14)27(25,26)21-18(23)13-22-19(24)12-11-16(20-22)15-8-3-2-4-9-15/h2-12H,13H2,1H3,(H,21,23). The summed E-state index contributed by atoms with van der Waals surface area (Å²) in [4.78, 5) is 24.2. The molecule has 0 saturated carbocycles. The molecule has 2 aromatic carbocycles. The van der Waals surface area contributed by atoms with Crippen LogP contribution in [0.1, 0.15) is 5.56 Å². The van der Waals surface area contributed by atoms with Crippen molar-refractivity contribution in [2.24, 2.45) is 0 Å². The molecule has 3 aromatic rings. The second-order valence-electron chi connectivity index (χ2n) is 5.87. The van der Waals surface area contributed by atoms with Gasteiger partial charge in [-0.15, -0.1) is 0 Å². The highest BCUT2D eigenvalue weighted by molar-refractivity contribution is 7.90. The zero-order valence-corrected chi connectivity index (χ0v) is 15.3. The Kier molecular flexibility index (Phi) is 5.18. The summed E-state index contributed by atoms with van der Waals surface area (Å²) in [5, 5.41) is 4.15. The molecule has 138 valence electrons. The lowest BCUT2D eigenvalue weighted by Gasteiger charge is -2.10. The maximum atomic E-state index is 12.4. The van der Waals surface area contributed by atoms with E-state index in [1.807, 2.05) is 35.1 Å². The van der Waals surface area contributed by atoms with Gasteiger partial charge in [-0.3, -0.25) is 9.59 Å². The van der Waals surface area contributed by atoms with E-state index < -0.39 is 28.0 Å². The second-order valence-corrected chi connectivity index (χ2v) is 7.53. The number of hydrogen-bond donors (Lipinski definition) is 1. The van der Waals surface area contributed by atoms with Gasteiger partial charge in [0.1, 0.15) is 6.54 Å². The average molecular weight is 383 g/mol. The smallest absolute Gasteiger partial charge is 0.267 e. The Labute approximate surface area is 156 Å². The van der Waals surface area contributed by atoms with Crippen LogP contribution in [0.5, 0.6) is 0 Å². The van der Waals surface area contributed by atoms with Crippen molar-refractivity contribution in [2.45, 2.75) is 18.4 Å². The molecule has 0 saturated heterocycles. The summed E-state index contributed by atoms with van der Waals surface area (Å²) in [5.41, 5.74) is 1.29. The van der Waals surface area contributed by atoms with E-state index in [0.29, 0.717) is 11.3 Å². The Morgan fingerprint density at radius 3 is 2.37 bits per heavy atom. The number of aryl methyl sites for hydroxylation is 1. The van der Waals surface area contributed by atoms with Crippen LogP contribution >= 0.6 is 0 Å². The summed E-state index contributed by atoms with van der Waals surface area (Å²) in [6.07, 6.45) is 0. The van der Waals surface area contributed by atoms with Gasteiger partial charge >= 0.3 is 0 Å². The number of amides is 1. The molecule has 1 heterocycles. The maximum absolute atomic E-state index is 12.4. The van der Waals surface area contributed by atoms with Crippen LogP contribution in [0.25, 0.3) is 11.3 Å². The molecule has 0 radical (unpaired) electrons. The predicted molar refractivity (Wildman–Crippen MR) is 100 cm³/mol. The Morgan fingerprint density at radius 2 is 1.67 bits per heavy atom. The van der Waals surface area contributed by atoms with Crippen molar-refractivity contribution in [3.8, 4) is 11.3 Å². The minimum absolute atomic E-state index is 0.0108. The Balaban J connectivity index is 1.82. The van der Waals surface area contributed by atoms with Crippen LogP contribution in [0.4, 0.5) is 0 Å². The number of nitrogens with zero attached hydrogens (tertiary/aromatic N) is 2. The first-order valence-electron chi connectivity index (χ1n) is 8.12. The van der Waals surface area contributed by atoms with Crippen molar-refractivity contribution in [3.63, 3.8) is 0 Å². The number of carbonyl (C=O) groups excluding carboxylic acids is 1. The first-order valence-corrected chi connectivity index (χ1v) is 9.60. The van der Waals surface area contributed by atoms with Gasteiger partial charge in [-0.1, -0.05) is 48.5 Å². The van der Waals surface area contributed by atoms with Gasteiger partial charge in [0.05, 0.1) is 10.6 Å². The number of sulfonamides is 1. The van der Waals surface area contributed by atoms with Gasteiger partial charge in [0.25, 0.3) is 21.5 Å². The first kappa shape index (κ1) is 18.5. The van der Waals surface area contributed by atoms with E-state index in [1.54, 1.807) is 31.2 Å². The van der Waals surface area contributed by atoms with E-state index in [0.717, 1.165) is 10.2 Å². The van der Waals surface area contributed by atoms with E-state index in [4.69, 9.17) is 0 Å². The highest BCUT2D eigenvalue weighted by Gasteiger charge is 2.20. The number of benzene rings is 2. The molecule has 0 aliphatic carbocycles. The molecule has 0 aliphatic rings. The van der Waals surface area contributed by atoms with E-state index in [2.05, 4.69) is 5.10 Å². The third-order valence-electron chi connectivity index (χ3n) is 3.86. The summed E-state index contributed by atoms with van der Waals surface area (Å²) in [6.45, 7) is 1.12. The van der Waals surface area contributed by atoms with Gasteiger partial charge in [-0.05, 0) is 24.6 Å². The molecular formula is C19H17N3O4S. The largest absolute Gasteiger partial charge is 0.272 e. The number of carbonyl (C=O) groups is 1. The minimum atomic E-state index is -4.03. The molecule has 1 aromatic heterocycles. The summed E-state index contributed by atoms with van der Waals surface area (Å²) in [5.74, 6) is -0.849. The Hall–Kier alpha value is -3.26.